The van der Waals surface area contributed by atoms with Gasteiger partial charge in [0.1, 0.15) is 0 Å². The molecule has 214 valence electrons. The monoisotopic (exact) mass is 571 g/mol. The largest absolute Gasteiger partial charge is 0.416 e. The SMILES string of the molecule is O=C(c1cc(C(F)(F)F)cc(C(F)(F)F)c1)N1CC[C@H](NCc2cnc3ccccc3c2)C[C@H]1Cc1ccccc1. The number of likely N-dealkylation sites (tertiary alicyclic amines) is 1. The maximum Gasteiger partial charge on any atom is 0.416 e. The Morgan fingerprint density at radius 3 is 2.20 bits per heavy atom. The molecule has 4 aromatic rings. The molecule has 1 amide bonds. The molecular weight excluding hydrogens is 544 g/mol. The number of amides is 1. The van der Waals surface area contributed by atoms with Crippen LogP contribution in [0, 0.1) is 0 Å². The number of para-hydroxylation sites is 1. The molecule has 0 aliphatic carbocycles. The lowest BCUT2D eigenvalue weighted by Gasteiger charge is -2.40. The molecule has 1 aliphatic rings. The van der Waals surface area contributed by atoms with Crippen LogP contribution in [0.3, 0.4) is 0 Å². The van der Waals surface area contributed by atoms with Gasteiger partial charge in [0, 0.05) is 42.3 Å². The van der Waals surface area contributed by atoms with Crippen LogP contribution in [0.1, 0.15) is 45.5 Å². The summed E-state index contributed by atoms with van der Waals surface area (Å²) in [5.41, 5.74) is -0.861. The lowest BCUT2D eigenvalue weighted by atomic mass is 9.91. The molecule has 2 atom stereocenters. The van der Waals surface area contributed by atoms with Gasteiger partial charge in [-0.2, -0.15) is 26.3 Å². The van der Waals surface area contributed by atoms with E-state index in [1.165, 1.54) is 4.90 Å². The molecule has 3 aromatic carbocycles. The minimum atomic E-state index is -5.03. The third-order valence-electron chi connectivity index (χ3n) is 7.37. The van der Waals surface area contributed by atoms with Gasteiger partial charge in [-0.25, -0.2) is 0 Å². The van der Waals surface area contributed by atoms with Crippen LogP contribution in [0.5, 0.6) is 0 Å². The predicted molar refractivity (Wildman–Crippen MR) is 143 cm³/mol. The molecule has 41 heavy (non-hydrogen) atoms. The van der Waals surface area contributed by atoms with E-state index in [2.05, 4.69) is 10.3 Å². The number of piperidine rings is 1. The van der Waals surface area contributed by atoms with E-state index >= 15 is 0 Å². The Balaban J connectivity index is 1.38. The quantitative estimate of drug-likeness (QED) is 0.248. The summed E-state index contributed by atoms with van der Waals surface area (Å²) in [5.74, 6) is -0.847. The zero-order valence-corrected chi connectivity index (χ0v) is 21.8. The zero-order valence-electron chi connectivity index (χ0n) is 21.8. The fraction of sp³-hybridized carbons (Fsp3) is 0.290. The average molecular weight is 572 g/mol. The number of hydrogen-bond acceptors (Lipinski definition) is 3. The van der Waals surface area contributed by atoms with E-state index in [1.807, 2.05) is 60.7 Å². The predicted octanol–water partition coefficient (Wildman–Crippen LogP) is 7.28. The fourth-order valence-electron chi connectivity index (χ4n) is 5.30. The molecule has 1 aromatic heterocycles. The highest BCUT2D eigenvalue weighted by Gasteiger charge is 2.39. The van der Waals surface area contributed by atoms with Crippen LogP contribution in [0.4, 0.5) is 26.3 Å². The van der Waals surface area contributed by atoms with Crippen molar-refractivity contribution in [2.75, 3.05) is 6.54 Å². The van der Waals surface area contributed by atoms with Gasteiger partial charge in [0.15, 0.2) is 0 Å². The first-order valence-corrected chi connectivity index (χ1v) is 13.2. The molecule has 0 spiro atoms. The summed E-state index contributed by atoms with van der Waals surface area (Å²) in [6.07, 6.45) is -6.90. The Morgan fingerprint density at radius 1 is 0.854 bits per heavy atom. The van der Waals surface area contributed by atoms with Gasteiger partial charge in [0.2, 0.25) is 0 Å². The summed E-state index contributed by atoms with van der Waals surface area (Å²) in [6.45, 7) is 0.707. The number of halogens is 6. The molecule has 1 fully saturated rings. The van der Waals surface area contributed by atoms with E-state index in [0.717, 1.165) is 22.0 Å². The molecule has 1 N–H and O–H groups in total. The van der Waals surface area contributed by atoms with Crippen molar-refractivity contribution in [3.63, 3.8) is 0 Å². The number of hydrogen-bond donors (Lipinski definition) is 1. The maximum absolute atomic E-state index is 13.5. The smallest absolute Gasteiger partial charge is 0.335 e. The van der Waals surface area contributed by atoms with Crippen LogP contribution in [-0.2, 0) is 25.3 Å². The van der Waals surface area contributed by atoms with Gasteiger partial charge >= 0.3 is 12.4 Å². The standard InChI is InChI=1S/C31H27F6N3O/c32-30(33,34)24-14-23(15-25(16-24)31(35,36)37)29(41)40-11-10-26(17-27(40)13-20-6-2-1-3-7-20)38-18-21-12-22-8-4-5-9-28(22)39-19-21/h1-9,12,14-16,19,26-27,38H,10-11,13,17-18H2/t26-,27+/m0/s1. The molecule has 5 rings (SSSR count). The fourth-order valence-corrected chi connectivity index (χ4v) is 5.30. The second-order valence-electron chi connectivity index (χ2n) is 10.3. The summed E-state index contributed by atoms with van der Waals surface area (Å²) in [7, 11) is 0. The molecule has 0 radical (unpaired) electrons. The first-order chi connectivity index (χ1) is 19.5. The molecule has 0 bridgehead atoms. The Hall–Kier alpha value is -3.92. The Kier molecular flexibility index (Phi) is 8.04. The van der Waals surface area contributed by atoms with Crippen LogP contribution < -0.4 is 5.32 Å². The molecule has 4 nitrogen and oxygen atoms in total. The van der Waals surface area contributed by atoms with Gasteiger partial charge < -0.3 is 10.2 Å². The van der Waals surface area contributed by atoms with E-state index in [9.17, 15) is 31.1 Å². The Morgan fingerprint density at radius 2 is 1.51 bits per heavy atom. The van der Waals surface area contributed by atoms with Gasteiger partial charge in [-0.15, -0.1) is 0 Å². The van der Waals surface area contributed by atoms with Crippen LogP contribution in [0.15, 0.2) is 85.1 Å². The topological polar surface area (TPSA) is 45.2 Å². The van der Waals surface area contributed by atoms with Crippen LogP contribution in [0.2, 0.25) is 0 Å². The van der Waals surface area contributed by atoms with Crippen molar-refractivity contribution >= 4 is 16.8 Å². The number of aromatic nitrogens is 1. The lowest BCUT2D eigenvalue weighted by molar-refractivity contribution is -0.143. The van der Waals surface area contributed by atoms with E-state index < -0.39 is 41.0 Å². The summed E-state index contributed by atoms with van der Waals surface area (Å²) in [5, 5.41) is 4.51. The van der Waals surface area contributed by atoms with Gasteiger partial charge in [-0.05, 0) is 60.7 Å². The highest BCUT2D eigenvalue weighted by Crippen LogP contribution is 2.37. The summed E-state index contributed by atoms with van der Waals surface area (Å²) in [6, 6.07) is 19.7. The Labute approximate surface area is 233 Å². The molecule has 10 heteroatoms. The van der Waals surface area contributed by atoms with Gasteiger partial charge in [-0.3, -0.25) is 9.78 Å². The molecule has 2 heterocycles. The van der Waals surface area contributed by atoms with Crippen molar-refractivity contribution in [2.24, 2.45) is 0 Å². The number of alkyl halides is 6. The van der Waals surface area contributed by atoms with Crippen molar-refractivity contribution in [3.8, 4) is 0 Å². The third kappa shape index (κ3) is 6.87. The zero-order chi connectivity index (χ0) is 29.2. The summed E-state index contributed by atoms with van der Waals surface area (Å²) >= 11 is 0. The highest BCUT2D eigenvalue weighted by atomic mass is 19.4. The third-order valence-corrected chi connectivity index (χ3v) is 7.37. The number of nitrogens with one attached hydrogen (secondary N) is 1. The van der Waals surface area contributed by atoms with Crippen molar-refractivity contribution in [1.29, 1.82) is 0 Å². The first kappa shape index (κ1) is 28.6. The van der Waals surface area contributed by atoms with Crippen LogP contribution in [0.25, 0.3) is 10.9 Å². The Bertz CT molecular complexity index is 1490. The second-order valence-corrected chi connectivity index (χ2v) is 10.3. The van der Waals surface area contributed by atoms with Crippen molar-refractivity contribution in [1.82, 2.24) is 15.2 Å². The van der Waals surface area contributed by atoms with E-state index in [4.69, 9.17) is 0 Å². The maximum atomic E-state index is 13.5. The first-order valence-electron chi connectivity index (χ1n) is 13.2. The molecule has 0 unspecified atom stereocenters. The van der Waals surface area contributed by atoms with E-state index in [0.29, 0.717) is 37.9 Å². The van der Waals surface area contributed by atoms with Crippen molar-refractivity contribution in [3.05, 3.63) is 113 Å². The van der Waals surface area contributed by atoms with Gasteiger partial charge in [-0.1, -0.05) is 48.5 Å². The van der Waals surface area contributed by atoms with Crippen LogP contribution in [-0.4, -0.2) is 34.4 Å². The number of rotatable bonds is 6. The average Bonchev–Trinajstić information content (AvgIpc) is 2.95. The molecule has 1 aliphatic heterocycles. The van der Waals surface area contributed by atoms with E-state index in [-0.39, 0.29) is 18.7 Å². The van der Waals surface area contributed by atoms with Crippen molar-refractivity contribution in [2.45, 2.75) is 50.2 Å². The summed E-state index contributed by atoms with van der Waals surface area (Å²) in [4.78, 5) is 19.4. The number of fused-ring (bicyclic) bond motifs is 1. The number of pyridine rings is 1. The molecule has 1 saturated heterocycles. The van der Waals surface area contributed by atoms with Gasteiger partial charge in [0.05, 0.1) is 16.6 Å². The van der Waals surface area contributed by atoms with Crippen LogP contribution >= 0.6 is 0 Å². The number of carbonyl (C=O) groups is 1. The molecular formula is C31H27F6N3O. The van der Waals surface area contributed by atoms with Gasteiger partial charge in [0.25, 0.3) is 5.91 Å². The summed E-state index contributed by atoms with van der Waals surface area (Å²) < 4.78 is 80.8. The normalized spacial score (nSPS) is 18.0. The highest BCUT2D eigenvalue weighted by molar-refractivity contribution is 5.95. The number of carbonyl (C=O) groups excluding carboxylic acids is 1. The van der Waals surface area contributed by atoms with E-state index in [1.54, 1.807) is 6.20 Å². The van der Waals surface area contributed by atoms with Crippen molar-refractivity contribution < 1.29 is 31.1 Å². The molecule has 0 saturated carbocycles. The number of benzene rings is 3. The second kappa shape index (κ2) is 11.5. The minimum Gasteiger partial charge on any atom is -0.335 e. The minimum absolute atomic E-state index is 0.0218. The number of nitrogens with zero attached hydrogens (tertiary/aromatic N) is 2. The lowest BCUT2D eigenvalue weighted by Crippen LogP contribution is -2.51.